The van der Waals surface area contributed by atoms with Crippen molar-refractivity contribution >= 4 is 36.0 Å². The topological polar surface area (TPSA) is 83.6 Å². The molecule has 1 aliphatic heterocycles. The fraction of sp³-hybridized carbons (Fsp3) is 0.500. The average molecular weight is 397 g/mol. The lowest BCUT2D eigenvalue weighted by molar-refractivity contribution is 0.310. The average Bonchev–Trinajstić information content (AvgIpc) is 2.38. The van der Waals surface area contributed by atoms with E-state index in [9.17, 15) is 16.8 Å². The summed E-state index contributed by atoms with van der Waals surface area (Å²) in [6.07, 6.45) is 2.11. The lowest BCUT2D eigenvalue weighted by Gasteiger charge is -2.30. The molecule has 118 valence electrons. The van der Waals surface area contributed by atoms with Crippen molar-refractivity contribution in [3.05, 3.63) is 28.7 Å². The van der Waals surface area contributed by atoms with Crippen molar-refractivity contribution in [1.82, 2.24) is 9.03 Å². The summed E-state index contributed by atoms with van der Waals surface area (Å²) < 4.78 is 52.1. The minimum atomic E-state index is -3.58. The molecule has 0 atom stereocenters. The molecule has 9 heteroatoms. The molecular formula is C12H17BrN2O4S2. The quantitative estimate of drug-likeness (QED) is 0.826. The number of hydrogen-bond acceptors (Lipinski definition) is 4. The SMILES string of the molecule is CS(=O)(=O)N1CCC(NS(=O)(=O)c2cccc(Br)c2)CC1. The largest absolute Gasteiger partial charge is 0.240 e. The molecule has 1 aromatic rings. The molecule has 0 aliphatic carbocycles. The van der Waals surface area contributed by atoms with E-state index in [1.165, 1.54) is 22.7 Å². The molecule has 0 unspecified atom stereocenters. The molecule has 0 saturated carbocycles. The Hall–Kier alpha value is -0.480. The van der Waals surface area contributed by atoms with Crippen molar-refractivity contribution in [1.29, 1.82) is 0 Å². The summed E-state index contributed by atoms with van der Waals surface area (Å²) in [5.41, 5.74) is 0. The van der Waals surface area contributed by atoms with Crippen molar-refractivity contribution < 1.29 is 16.8 Å². The van der Waals surface area contributed by atoms with Crippen molar-refractivity contribution in [2.45, 2.75) is 23.8 Å². The number of nitrogens with one attached hydrogen (secondary N) is 1. The van der Waals surface area contributed by atoms with Crippen LogP contribution < -0.4 is 4.72 Å². The molecule has 1 N–H and O–H groups in total. The van der Waals surface area contributed by atoms with Crippen molar-refractivity contribution in [2.24, 2.45) is 0 Å². The summed E-state index contributed by atoms with van der Waals surface area (Å²) in [5, 5.41) is 0. The number of hydrogen-bond donors (Lipinski definition) is 1. The van der Waals surface area contributed by atoms with Crippen molar-refractivity contribution in [3.8, 4) is 0 Å². The summed E-state index contributed by atoms with van der Waals surface area (Å²) in [5.74, 6) is 0. The van der Waals surface area contributed by atoms with E-state index >= 15 is 0 Å². The van der Waals surface area contributed by atoms with Gasteiger partial charge in [0.2, 0.25) is 20.0 Å². The maximum atomic E-state index is 12.3. The van der Waals surface area contributed by atoms with Crippen LogP contribution in [0.2, 0.25) is 0 Å². The third-order valence-electron chi connectivity index (χ3n) is 3.35. The second-order valence-electron chi connectivity index (χ2n) is 5.01. The Morgan fingerprint density at radius 2 is 1.81 bits per heavy atom. The number of nitrogens with zero attached hydrogens (tertiary/aromatic N) is 1. The van der Waals surface area contributed by atoms with E-state index in [-0.39, 0.29) is 10.9 Å². The molecule has 21 heavy (non-hydrogen) atoms. The number of rotatable bonds is 4. The molecule has 0 spiro atoms. The minimum Gasteiger partial charge on any atom is -0.213 e. The maximum absolute atomic E-state index is 12.3. The highest BCUT2D eigenvalue weighted by molar-refractivity contribution is 9.10. The molecule has 1 heterocycles. The van der Waals surface area contributed by atoms with Crippen LogP contribution in [0.15, 0.2) is 33.6 Å². The van der Waals surface area contributed by atoms with Gasteiger partial charge >= 0.3 is 0 Å². The third-order valence-corrected chi connectivity index (χ3v) is 6.67. The number of halogens is 1. The van der Waals surface area contributed by atoms with Gasteiger partial charge in [-0.15, -0.1) is 0 Å². The normalized spacial score (nSPS) is 18.8. The molecule has 2 rings (SSSR count). The van der Waals surface area contributed by atoms with Gasteiger partial charge in [-0.2, -0.15) is 0 Å². The first kappa shape index (κ1) is 16.9. The van der Waals surface area contributed by atoms with Crippen LogP contribution in [0, 0.1) is 0 Å². The molecule has 0 amide bonds. The van der Waals surface area contributed by atoms with Crippen LogP contribution in [0.1, 0.15) is 12.8 Å². The zero-order chi connectivity index (χ0) is 15.7. The smallest absolute Gasteiger partial charge is 0.213 e. The van der Waals surface area contributed by atoms with Gasteiger partial charge in [-0.1, -0.05) is 22.0 Å². The molecule has 1 saturated heterocycles. The maximum Gasteiger partial charge on any atom is 0.240 e. The summed E-state index contributed by atoms with van der Waals surface area (Å²) in [6, 6.07) is 6.23. The van der Waals surface area contributed by atoms with Crippen LogP contribution in [0.5, 0.6) is 0 Å². The molecule has 1 aliphatic rings. The summed E-state index contributed by atoms with van der Waals surface area (Å²) >= 11 is 3.24. The third kappa shape index (κ3) is 4.49. The molecular weight excluding hydrogens is 380 g/mol. The van der Waals surface area contributed by atoms with Gasteiger partial charge in [0, 0.05) is 23.6 Å². The van der Waals surface area contributed by atoms with E-state index in [0.29, 0.717) is 30.4 Å². The number of benzene rings is 1. The Morgan fingerprint density at radius 1 is 1.19 bits per heavy atom. The molecule has 6 nitrogen and oxygen atoms in total. The molecule has 0 aromatic heterocycles. The van der Waals surface area contributed by atoms with Crippen LogP contribution in [0.3, 0.4) is 0 Å². The van der Waals surface area contributed by atoms with Crippen molar-refractivity contribution in [3.63, 3.8) is 0 Å². The first-order chi connectivity index (χ1) is 9.68. The van der Waals surface area contributed by atoms with Crippen LogP contribution >= 0.6 is 15.9 Å². The molecule has 0 bridgehead atoms. The molecule has 1 fully saturated rings. The van der Waals surface area contributed by atoms with E-state index in [1.54, 1.807) is 12.1 Å². The predicted molar refractivity (Wildman–Crippen MR) is 83.9 cm³/mol. The Morgan fingerprint density at radius 3 is 2.33 bits per heavy atom. The first-order valence-electron chi connectivity index (χ1n) is 6.41. The van der Waals surface area contributed by atoms with E-state index < -0.39 is 20.0 Å². The Labute approximate surface area is 133 Å². The van der Waals surface area contributed by atoms with E-state index in [1.807, 2.05) is 0 Å². The van der Waals surface area contributed by atoms with Gasteiger partial charge in [-0.25, -0.2) is 25.9 Å². The minimum absolute atomic E-state index is 0.197. The van der Waals surface area contributed by atoms with Gasteiger partial charge in [0.15, 0.2) is 0 Å². The first-order valence-corrected chi connectivity index (χ1v) is 10.5. The van der Waals surface area contributed by atoms with Crippen LogP contribution in [0.25, 0.3) is 0 Å². The van der Waals surface area contributed by atoms with Gasteiger partial charge in [-0.3, -0.25) is 0 Å². The van der Waals surface area contributed by atoms with Gasteiger partial charge in [0.25, 0.3) is 0 Å². The summed E-state index contributed by atoms with van der Waals surface area (Å²) in [4.78, 5) is 0.197. The number of sulfonamides is 2. The van der Waals surface area contributed by atoms with Crippen LogP contribution in [0.4, 0.5) is 0 Å². The highest BCUT2D eigenvalue weighted by Gasteiger charge is 2.28. The second-order valence-corrected chi connectivity index (χ2v) is 9.63. The monoisotopic (exact) mass is 396 g/mol. The van der Waals surface area contributed by atoms with Gasteiger partial charge in [0.05, 0.1) is 11.2 Å². The highest BCUT2D eigenvalue weighted by atomic mass is 79.9. The van der Waals surface area contributed by atoms with Crippen molar-refractivity contribution in [2.75, 3.05) is 19.3 Å². The second kappa shape index (κ2) is 6.33. The van der Waals surface area contributed by atoms with E-state index in [0.717, 1.165) is 0 Å². The van der Waals surface area contributed by atoms with Gasteiger partial charge in [0.1, 0.15) is 0 Å². The van der Waals surface area contributed by atoms with Crippen LogP contribution in [-0.2, 0) is 20.0 Å². The Kier molecular flexibility index (Phi) is 5.09. The lowest BCUT2D eigenvalue weighted by atomic mass is 10.1. The van der Waals surface area contributed by atoms with E-state index in [2.05, 4.69) is 20.7 Å². The summed E-state index contributed by atoms with van der Waals surface area (Å²) in [7, 11) is -6.78. The molecule has 1 aromatic carbocycles. The fourth-order valence-corrected chi connectivity index (χ4v) is 5.00. The standard InChI is InChI=1S/C12H17BrN2O4S2/c1-20(16,17)15-7-5-11(6-8-15)14-21(18,19)12-4-2-3-10(13)9-12/h2-4,9,11,14H,5-8H2,1H3. The highest BCUT2D eigenvalue weighted by Crippen LogP contribution is 2.19. The van der Waals surface area contributed by atoms with E-state index in [4.69, 9.17) is 0 Å². The molecule has 0 radical (unpaired) electrons. The number of piperidine rings is 1. The fourth-order valence-electron chi connectivity index (χ4n) is 2.23. The zero-order valence-corrected chi connectivity index (χ0v) is 14.7. The Bertz CT molecular complexity index is 711. The van der Waals surface area contributed by atoms with Crippen LogP contribution in [-0.4, -0.2) is 46.5 Å². The zero-order valence-electron chi connectivity index (χ0n) is 11.5. The summed E-state index contributed by atoms with van der Waals surface area (Å²) in [6.45, 7) is 0.676. The van der Waals surface area contributed by atoms with Gasteiger partial charge < -0.3 is 0 Å². The lowest BCUT2D eigenvalue weighted by Crippen LogP contribution is -2.46. The Balaban J connectivity index is 2.03. The predicted octanol–water partition coefficient (Wildman–Crippen LogP) is 1.15. The van der Waals surface area contributed by atoms with Gasteiger partial charge in [-0.05, 0) is 31.0 Å².